The van der Waals surface area contributed by atoms with Gasteiger partial charge < -0.3 is 15.8 Å². The third-order valence-electron chi connectivity index (χ3n) is 2.69. The molecule has 5 nitrogen and oxygen atoms in total. The van der Waals surface area contributed by atoms with E-state index in [1.807, 2.05) is 0 Å². The average molecular weight is 215 g/mol. The van der Waals surface area contributed by atoms with Crippen molar-refractivity contribution >= 4 is 22.3 Å². The predicted molar refractivity (Wildman–Crippen MR) is 58.5 cm³/mol. The molecule has 0 spiro atoms. The zero-order chi connectivity index (χ0) is 11.3. The molecule has 0 unspecified atom stereocenters. The Bertz CT molecular complexity index is 640. The Balaban J connectivity index is 2.45. The third-order valence-corrected chi connectivity index (χ3v) is 2.69. The van der Waals surface area contributed by atoms with Gasteiger partial charge in [-0.1, -0.05) is 0 Å². The number of carbonyl (C=O) groups excluding carboxylic acids is 1. The van der Waals surface area contributed by atoms with Gasteiger partial charge in [-0.15, -0.1) is 0 Å². The van der Waals surface area contributed by atoms with Crippen molar-refractivity contribution in [1.29, 1.82) is 0 Å². The van der Waals surface area contributed by atoms with Crippen LogP contribution in [0.2, 0.25) is 0 Å². The van der Waals surface area contributed by atoms with Gasteiger partial charge in [0, 0.05) is 23.0 Å². The van der Waals surface area contributed by atoms with Crippen molar-refractivity contribution in [3.8, 4) is 0 Å². The summed E-state index contributed by atoms with van der Waals surface area (Å²) in [5.41, 5.74) is 7.72. The van der Waals surface area contributed by atoms with Crippen molar-refractivity contribution in [2.45, 2.75) is 6.61 Å². The number of H-pyrrole nitrogens is 1. The van der Waals surface area contributed by atoms with Crippen LogP contribution >= 0.6 is 0 Å². The van der Waals surface area contributed by atoms with Crippen LogP contribution in [0.3, 0.4) is 0 Å². The highest BCUT2D eigenvalue weighted by molar-refractivity contribution is 6.20. The first kappa shape index (κ1) is 9.11. The average Bonchev–Trinajstić information content (AvgIpc) is 2.70. The first-order chi connectivity index (χ1) is 7.70. The minimum Gasteiger partial charge on any atom is -0.397 e. The minimum atomic E-state index is -0.148. The Kier molecular flexibility index (Phi) is 1.67. The number of aliphatic hydroxyl groups excluding tert-OH is 1. The number of carbonyl (C=O) groups is 1. The molecule has 0 amide bonds. The number of allylic oxidation sites excluding steroid dienone is 1. The molecule has 4 N–H and O–H groups in total. The number of nitrogens with one attached hydrogen (secondary N) is 1. The number of nitrogens with two attached hydrogens (primary N) is 1. The molecule has 2 aromatic rings. The van der Waals surface area contributed by atoms with E-state index in [0.717, 1.165) is 10.8 Å². The van der Waals surface area contributed by atoms with Crippen LogP contribution in [-0.2, 0) is 6.61 Å². The molecular formula is C11H9N3O2. The maximum absolute atomic E-state index is 11.6. The number of rotatable bonds is 1. The van der Waals surface area contributed by atoms with Gasteiger partial charge in [0.2, 0.25) is 5.78 Å². The summed E-state index contributed by atoms with van der Waals surface area (Å²) in [7, 11) is 0. The first-order valence-electron chi connectivity index (χ1n) is 4.84. The van der Waals surface area contributed by atoms with Gasteiger partial charge in [-0.3, -0.25) is 4.79 Å². The van der Waals surface area contributed by atoms with Gasteiger partial charge in [0.25, 0.3) is 0 Å². The van der Waals surface area contributed by atoms with Gasteiger partial charge in [0.05, 0.1) is 29.4 Å². The lowest BCUT2D eigenvalue weighted by Crippen LogP contribution is -2.11. The van der Waals surface area contributed by atoms with Crippen LogP contribution < -0.4 is 5.73 Å². The van der Waals surface area contributed by atoms with Crippen molar-refractivity contribution < 1.29 is 9.90 Å². The van der Waals surface area contributed by atoms with E-state index in [1.165, 1.54) is 6.08 Å². The summed E-state index contributed by atoms with van der Waals surface area (Å²) in [6, 6.07) is 1.74. The fraction of sp³-hybridized carbons (Fsp3) is 0.0909. The van der Waals surface area contributed by atoms with Crippen LogP contribution in [0.5, 0.6) is 0 Å². The molecule has 1 aliphatic carbocycles. The molecule has 0 atom stereocenters. The van der Waals surface area contributed by atoms with Gasteiger partial charge in [0.1, 0.15) is 0 Å². The number of aliphatic hydroxyl groups is 1. The summed E-state index contributed by atoms with van der Waals surface area (Å²) >= 11 is 0. The Morgan fingerprint density at radius 3 is 3.06 bits per heavy atom. The van der Waals surface area contributed by atoms with Crippen molar-refractivity contribution in [2.75, 3.05) is 0 Å². The third kappa shape index (κ3) is 1.03. The molecule has 2 aromatic heterocycles. The molecule has 80 valence electrons. The van der Waals surface area contributed by atoms with E-state index >= 15 is 0 Å². The maximum Gasteiger partial charge on any atom is 0.204 e. The fourth-order valence-electron chi connectivity index (χ4n) is 1.98. The highest BCUT2D eigenvalue weighted by atomic mass is 16.3. The summed E-state index contributed by atoms with van der Waals surface area (Å²) in [4.78, 5) is 18.8. The Morgan fingerprint density at radius 2 is 2.31 bits per heavy atom. The molecule has 2 heterocycles. The van der Waals surface area contributed by atoms with E-state index in [-0.39, 0.29) is 12.4 Å². The topological polar surface area (TPSA) is 92.0 Å². The van der Waals surface area contributed by atoms with Gasteiger partial charge in [0.15, 0.2) is 0 Å². The van der Waals surface area contributed by atoms with Gasteiger partial charge in [-0.05, 0) is 6.07 Å². The summed E-state index contributed by atoms with van der Waals surface area (Å²) < 4.78 is 0. The zero-order valence-corrected chi connectivity index (χ0v) is 8.32. The molecule has 0 saturated heterocycles. The molecule has 1 aliphatic rings. The van der Waals surface area contributed by atoms with Gasteiger partial charge in [-0.2, -0.15) is 0 Å². The molecule has 5 heteroatoms. The van der Waals surface area contributed by atoms with Gasteiger partial charge >= 0.3 is 0 Å². The van der Waals surface area contributed by atoms with Crippen molar-refractivity contribution in [2.24, 2.45) is 5.73 Å². The van der Waals surface area contributed by atoms with Crippen LogP contribution in [0.25, 0.3) is 16.5 Å². The van der Waals surface area contributed by atoms with Gasteiger partial charge in [-0.25, -0.2) is 4.98 Å². The number of aromatic amines is 1. The Morgan fingerprint density at radius 1 is 1.50 bits per heavy atom. The maximum atomic E-state index is 11.6. The van der Waals surface area contributed by atoms with E-state index in [9.17, 15) is 4.79 Å². The van der Waals surface area contributed by atoms with Crippen molar-refractivity contribution in [3.05, 3.63) is 35.4 Å². The number of ketones is 1. The van der Waals surface area contributed by atoms with E-state index in [2.05, 4.69) is 9.97 Å². The predicted octanol–water partition coefficient (Wildman–Crippen LogP) is 0.551. The van der Waals surface area contributed by atoms with E-state index in [4.69, 9.17) is 10.8 Å². The van der Waals surface area contributed by atoms with E-state index in [1.54, 1.807) is 12.3 Å². The smallest absolute Gasteiger partial charge is 0.204 e. The summed E-state index contributed by atoms with van der Waals surface area (Å²) in [5, 5.41) is 10.7. The lowest BCUT2D eigenvalue weighted by Gasteiger charge is -2.10. The molecule has 3 rings (SSSR count). The number of hydrogen-bond acceptors (Lipinski definition) is 4. The minimum absolute atomic E-state index is 0.140. The largest absolute Gasteiger partial charge is 0.397 e. The molecule has 0 radical (unpaired) electrons. The number of aromatic nitrogens is 2. The second-order valence-corrected chi connectivity index (χ2v) is 3.71. The Hall–Kier alpha value is -2.14. The lowest BCUT2D eigenvalue weighted by molar-refractivity contribution is 0.104. The quantitative estimate of drug-likeness (QED) is 0.647. The number of hydrogen-bond donors (Lipinski definition) is 3. The van der Waals surface area contributed by atoms with Crippen molar-refractivity contribution in [1.82, 2.24) is 9.97 Å². The normalized spacial score (nSPS) is 14.3. The Labute approximate surface area is 90.6 Å². The second kappa shape index (κ2) is 2.93. The second-order valence-electron chi connectivity index (χ2n) is 3.71. The first-order valence-corrected chi connectivity index (χ1v) is 4.84. The molecule has 16 heavy (non-hydrogen) atoms. The van der Waals surface area contributed by atoms with Crippen LogP contribution in [0.4, 0.5) is 0 Å². The lowest BCUT2D eigenvalue weighted by atomic mass is 10.0. The van der Waals surface area contributed by atoms with Crippen LogP contribution in [0.15, 0.2) is 18.3 Å². The highest BCUT2D eigenvalue weighted by Crippen LogP contribution is 2.29. The molecule has 0 fully saturated rings. The van der Waals surface area contributed by atoms with Crippen LogP contribution in [0, 0.1) is 0 Å². The highest BCUT2D eigenvalue weighted by Gasteiger charge is 2.22. The summed E-state index contributed by atoms with van der Waals surface area (Å²) in [6.07, 6.45) is 3.07. The summed E-state index contributed by atoms with van der Waals surface area (Å²) in [5.74, 6) is -0.140. The van der Waals surface area contributed by atoms with Crippen LogP contribution in [0.1, 0.15) is 21.9 Å². The molecular weight excluding hydrogens is 206 g/mol. The van der Waals surface area contributed by atoms with E-state index < -0.39 is 0 Å². The monoisotopic (exact) mass is 215 g/mol. The standard InChI is InChI=1S/C11H9N3O2/c12-7-2-8(16)11-9-5(3-13-11)1-6(4-15)14-10(7)9/h1-3,13,15H,4,12H2. The SMILES string of the molecule is NC1=CC(=O)c2[nH]cc3cc(CO)nc1c23. The molecule has 0 aromatic carbocycles. The fourth-order valence-corrected chi connectivity index (χ4v) is 1.98. The van der Waals surface area contributed by atoms with E-state index in [0.29, 0.717) is 22.8 Å². The van der Waals surface area contributed by atoms with Crippen LogP contribution in [-0.4, -0.2) is 20.9 Å². The number of nitrogens with zero attached hydrogens (tertiary/aromatic N) is 1. The molecule has 0 saturated carbocycles. The number of pyridine rings is 1. The summed E-state index contributed by atoms with van der Waals surface area (Å²) in [6.45, 7) is -0.148. The zero-order valence-electron chi connectivity index (χ0n) is 8.32. The van der Waals surface area contributed by atoms with Crippen molar-refractivity contribution in [3.63, 3.8) is 0 Å². The molecule has 0 aliphatic heterocycles. The molecule has 0 bridgehead atoms.